The Hall–Kier alpha value is -1.39. The first-order valence-electron chi connectivity index (χ1n) is 4.89. The van der Waals surface area contributed by atoms with E-state index in [9.17, 15) is 4.39 Å². The highest BCUT2D eigenvalue weighted by atomic mass is 35.5. The molecule has 0 bridgehead atoms. The first-order chi connectivity index (χ1) is 7.72. The van der Waals surface area contributed by atoms with Gasteiger partial charge in [-0.05, 0) is 12.1 Å². The van der Waals surface area contributed by atoms with Crippen LogP contribution in [0, 0.1) is 5.82 Å². The molecule has 0 atom stereocenters. The third-order valence-corrected chi connectivity index (χ3v) is 2.54. The summed E-state index contributed by atoms with van der Waals surface area (Å²) in [5.74, 6) is 0.339. The SMILES string of the molecule is NCCn1c(Cl)cnc1-c1cccc(F)c1. The summed E-state index contributed by atoms with van der Waals surface area (Å²) < 4.78 is 14.8. The predicted octanol–water partition coefficient (Wildman–Crippen LogP) is 2.30. The zero-order valence-corrected chi connectivity index (χ0v) is 9.28. The van der Waals surface area contributed by atoms with Crippen LogP contribution in [-0.2, 0) is 6.54 Å². The second kappa shape index (κ2) is 4.63. The van der Waals surface area contributed by atoms with Gasteiger partial charge in [0.05, 0.1) is 6.20 Å². The molecule has 84 valence electrons. The zero-order chi connectivity index (χ0) is 11.5. The standard InChI is InChI=1S/C11H11ClFN3/c12-10-7-15-11(16(10)5-4-14)8-2-1-3-9(13)6-8/h1-3,6-7H,4-5,14H2. The van der Waals surface area contributed by atoms with E-state index in [0.717, 1.165) is 0 Å². The van der Waals surface area contributed by atoms with Crippen LogP contribution in [-0.4, -0.2) is 16.1 Å². The van der Waals surface area contributed by atoms with Crippen molar-refractivity contribution in [2.45, 2.75) is 6.54 Å². The van der Waals surface area contributed by atoms with E-state index in [1.807, 2.05) is 0 Å². The molecule has 0 spiro atoms. The fourth-order valence-corrected chi connectivity index (χ4v) is 1.77. The summed E-state index contributed by atoms with van der Waals surface area (Å²) >= 11 is 5.96. The summed E-state index contributed by atoms with van der Waals surface area (Å²) in [6.45, 7) is 1.02. The summed E-state index contributed by atoms with van der Waals surface area (Å²) in [6, 6.07) is 6.24. The van der Waals surface area contributed by atoms with Gasteiger partial charge in [0.25, 0.3) is 0 Å². The molecule has 2 aromatic rings. The van der Waals surface area contributed by atoms with Crippen LogP contribution < -0.4 is 5.73 Å². The van der Waals surface area contributed by atoms with E-state index in [1.165, 1.54) is 18.3 Å². The van der Waals surface area contributed by atoms with Crippen LogP contribution in [0.5, 0.6) is 0 Å². The maximum absolute atomic E-state index is 13.1. The van der Waals surface area contributed by atoms with Gasteiger partial charge in [-0.3, -0.25) is 0 Å². The molecule has 16 heavy (non-hydrogen) atoms. The molecule has 0 aliphatic carbocycles. The van der Waals surface area contributed by atoms with Gasteiger partial charge >= 0.3 is 0 Å². The molecule has 0 saturated carbocycles. The van der Waals surface area contributed by atoms with E-state index in [1.54, 1.807) is 16.7 Å². The highest BCUT2D eigenvalue weighted by Crippen LogP contribution is 2.22. The largest absolute Gasteiger partial charge is 0.329 e. The number of hydrogen-bond donors (Lipinski definition) is 1. The van der Waals surface area contributed by atoms with Crippen LogP contribution in [0.4, 0.5) is 4.39 Å². The van der Waals surface area contributed by atoms with E-state index >= 15 is 0 Å². The third kappa shape index (κ3) is 2.08. The smallest absolute Gasteiger partial charge is 0.141 e. The summed E-state index contributed by atoms with van der Waals surface area (Å²) in [5, 5.41) is 0.504. The van der Waals surface area contributed by atoms with Crippen LogP contribution in [0.25, 0.3) is 11.4 Å². The quantitative estimate of drug-likeness (QED) is 0.893. The first kappa shape index (κ1) is 11.1. The molecule has 0 radical (unpaired) electrons. The molecule has 5 heteroatoms. The molecule has 1 aromatic carbocycles. The normalized spacial score (nSPS) is 10.7. The molecule has 0 unspecified atom stereocenters. The lowest BCUT2D eigenvalue weighted by Crippen LogP contribution is -2.11. The second-order valence-corrected chi connectivity index (χ2v) is 3.74. The van der Waals surface area contributed by atoms with Crippen LogP contribution in [0.2, 0.25) is 5.15 Å². The zero-order valence-electron chi connectivity index (χ0n) is 8.53. The monoisotopic (exact) mass is 239 g/mol. The molecule has 3 nitrogen and oxygen atoms in total. The lowest BCUT2D eigenvalue weighted by Gasteiger charge is -2.07. The van der Waals surface area contributed by atoms with E-state index in [4.69, 9.17) is 17.3 Å². The van der Waals surface area contributed by atoms with Gasteiger partial charge in [-0.1, -0.05) is 23.7 Å². The Balaban J connectivity index is 2.47. The van der Waals surface area contributed by atoms with Gasteiger partial charge in [0, 0.05) is 18.7 Å². The van der Waals surface area contributed by atoms with Gasteiger partial charge < -0.3 is 10.3 Å². The molecule has 0 fully saturated rings. The van der Waals surface area contributed by atoms with Crippen molar-refractivity contribution in [1.29, 1.82) is 0 Å². The molecule has 0 saturated heterocycles. The Labute approximate surface area is 97.7 Å². The van der Waals surface area contributed by atoms with Crippen molar-refractivity contribution >= 4 is 11.6 Å². The van der Waals surface area contributed by atoms with Gasteiger partial charge in [-0.2, -0.15) is 0 Å². The molecule has 2 N–H and O–H groups in total. The number of nitrogens with two attached hydrogens (primary N) is 1. The Morgan fingerprint density at radius 2 is 2.25 bits per heavy atom. The van der Waals surface area contributed by atoms with E-state index in [2.05, 4.69) is 4.98 Å². The number of aromatic nitrogens is 2. The van der Waals surface area contributed by atoms with Crippen molar-refractivity contribution < 1.29 is 4.39 Å². The number of hydrogen-bond acceptors (Lipinski definition) is 2. The van der Waals surface area contributed by atoms with Gasteiger partial charge in [0.1, 0.15) is 16.8 Å². The minimum Gasteiger partial charge on any atom is -0.329 e. The average Bonchev–Trinajstić information content (AvgIpc) is 2.61. The van der Waals surface area contributed by atoms with Crippen LogP contribution in [0.3, 0.4) is 0 Å². The van der Waals surface area contributed by atoms with Gasteiger partial charge in [-0.25, -0.2) is 9.37 Å². The van der Waals surface area contributed by atoms with Gasteiger partial charge in [0.2, 0.25) is 0 Å². The molecule has 0 amide bonds. The van der Waals surface area contributed by atoms with Crippen molar-refractivity contribution in [3.63, 3.8) is 0 Å². The van der Waals surface area contributed by atoms with Crippen molar-refractivity contribution in [3.8, 4) is 11.4 Å². The number of nitrogens with zero attached hydrogens (tertiary/aromatic N) is 2. The minimum absolute atomic E-state index is 0.295. The van der Waals surface area contributed by atoms with Crippen molar-refractivity contribution in [2.24, 2.45) is 5.73 Å². The highest BCUT2D eigenvalue weighted by Gasteiger charge is 2.10. The summed E-state index contributed by atoms with van der Waals surface area (Å²) in [6.07, 6.45) is 1.54. The molecule has 1 aromatic heterocycles. The topological polar surface area (TPSA) is 43.8 Å². The van der Waals surface area contributed by atoms with Crippen LogP contribution in [0.1, 0.15) is 0 Å². The lowest BCUT2D eigenvalue weighted by atomic mass is 10.2. The number of imidazole rings is 1. The Morgan fingerprint density at radius 3 is 2.94 bits per heavy atom. The molecule has 1 heterocycles. The molecular weight excluding hydrogens is 229 g/mol. The Kier molecular flexibility index (Phi) is 3.22. The number of rotatable bonds is 3. The average molecular weight is 240 g/mol. The fourth-order valence-electron chi connectivity index (χ4n) is 1.55. The minimum atomic E-state index is -0.295. The maximum Gasteiger partial charge on any atom is 0.141 e. The van der Waals surface area contributed by atoms with Crippen LogP contribution in [0.15, 0.2) is 30.5 Å². The highest BCUT2D eigenvalue weighted by molar-refractivity contribution is 6.29. The van der Waals surface area contributed by atoms with E-state index in [0.29, 0.717) is 29.6 Å². The van der Waals surface area contributed by atoms with E-state index < -0.39 is 0 Å². The molecule has 0 aliphatic rings. The Morgan fingerprint density at radius 1 is 1.44 bits per heavy atom. The van der Waals surface area contributed by atoms with Gasteiger partial charge in [-0.15, -0.1) is 0 Å². The molecule has 0 aliphatic heterocycles. The van der Waals surface area contributed by atoms with Crippen molar-refractivity contribution in [1.82, 2.24) is 9.55 Å². The second-order valence-electron chi connectivity index (χ2n) is 3.36. The summed E-state index contributed by atoms with van der Waals surface area (Å²) in [4.78, 5) is 4.15. The van der Waals surface area contributed by atoms with Crippen molar-refractivity contribution in [3.05, 3.63) is 41.4 Å². The van der Waals surface area contributed by atoms with Crippen molar-refractivity contribution in [2.75, 3.05) is 6.54 Å². The number of halogens is 2. The summed E-state index contributed by atoms with van der Waals surface area (Å²) in [7, 11) is 0. The third-order valence-electron chi connectivity index (χ3n) is 2.24. The lowest BCUT2D eigenvalue weighted by molar-refractivity contribution is 0.627. The van der Waals surface area contributed by atoms with Crippen LogP contribution >= 0.6 is 11.6 Å². The number of benzene rings is 1. The Bertz CT molecular complexity index is 496. The van der Waals surface area contributed by atoms with Gasteiger partial charge in [0.15, 0.2) is 0 Å². The maximum atomic E-state index is 13.1. The molecular formula is C11H11ClFN3. The summed E-state index contributed by atoms with van der Waals surface area (Å²) in [5.41, 5.74) is 6.18. The fraction of sp³-hybridized carbons (Fsp3) is 0.182. The first-order valence-corrected chi connectivity index (χ1v) is 5.27. The predicted molar refractivity (Wildman–Crippen MR) is 61.7 cm³/mol. The van der Waals surface area contributed by atoms with E-state index in [-0.39, 0.29) is 5.82 Å². The molecule has 2 rings (SSSR count).